The highest BCUT2D eigenvalue weighted by atomic mass is 35.5. The van der Waals surface area contributed by atoms with Crippen molar-refractivity contribution >= 4 is 44.7 Å². The molecule has 0 bridgehead atoms. The minimum absolute atomic E-state index is 0.280. The van der Waals surface area contributed by atoms with Gasteiger partial charge in [0.05, 0.1) is 22.0 Å². The molecule has 1 aromatic heterocycles. The molecule has 0 unspecified atom stereocenters. The zero-order valence-electron chi connectivity index (χ0n) is 14.2. The Labute approximate surface area is 165 Å². The van der Waals surface area contributed by atoms with E-state index in [1.807, 2.05) is 48.5 Å². The van der Waals surface area contributed by atoms with Gasteiger partial charge in [0.25, 0.3) is 0 Å². The standard InChI is InChI=1S/C21H15ClN2O2S/c22-20-14(13-6-4-9-18-16(13)11-25-12-26-18)7-3-8-17(20)23-21-15-5-1-2-10-19(15)27-24-21/h1-10H,11-12H2,(H,23,24). The molecule has 0 spiro atoms. The zero-order chi connectivity index (χ0) is 18.2. The van der Waals surface area contributed by atoms with Crippen LogP contribution in [0.4, 0.5) is 11.5 Å². The van der Waals surface area contributed by atoms with Crippen molar-refractivity contribution in [1.82, 2.24) is 4.37 Å². The van der Waals surface area contributed by atoms with Crippen molar-refractivity contribution in [3.05, 3.63) is 71.2 Å². The fourth-order valence-electron chi connectivity index (χ4n) is 3.29. The average Bonchev–Trinajstić information content (AvgIpc) is 3.12. The molecule has 0 saturated heterocycles. The summed E-state index contributed by atoms with van der Waals surface area (Å²) in [5.74, 6) is 1.66. The monoisotopic (exact) mass is 394 g/mol. The third kappa shape index (κ3) is 2.94. The van der Waals surface area contributed by atoms with Gasteiger partial charge in [-0.2, -0.15) is 4.37 Å². The molecule has 0 saturated carbocycles. The van der Waals surface area contributed by atoms with Crippen LogP contribution in [0.5, 0.6) is 5.75 Å². The van der Waals surface area contributed by atoms with Crippen LogP contribution in [0.2, 0.25) is 5.02 Å². The molecule has 0 aliphatic carbocycles. The number of hydrogen-bond donors (Lipinski definition) is 1. The average molecular weight is 395 g/mol. The number of benzene rings is 3. The molecule has 0 radical (unpaired) electrons. The Balaban J connectivity index is 1.57. The van der Waals surface area contributed by atoms with Gasteiger partial charge >= 0.3 is 0 Å². The van der Waals surface area contributed by atoms with Crippen LogP contribution in [0.15, 0.2) is 60.7 Å². The molecule has 2 heterocycles. The van der Waals surface area contributed by atoms with Crippen molar-refractivity contribution in [1.29, 1.82) is 0 Å². The van der Waals surface area contributed by atoms with Gasteiger partial charge in [-0.25, -0.2) is 0 Å². The number of fused-ring (bicyclic) bond motifs is 2. The largest absolute Gasteiger partial charge is 0.467 e. The fourth-order valence-corrected chi connectivity index (χ4v) is 4.30. The maximum Gasteiger partial charge on any atom is 0.189 e. The van der Waals surface area contributed by atoms with Crippen molar-refractivity contribution in [2.24, 2.45) is 0 Å². The summed E-state index contributed by atoms with van der Waals surface area (Å²) in [6, 6.07) is 20.1. The van der Waals surface area contributed by atoms with Gasteiger partial charge in [0, 0.05) is 16.5 Å². The molecule has 3 aromatic carbocycles. The van der Waals surface area contributed by atoms with E-state index in [0.29, 0.717) is 11.6 Å². The molecule has 4 nitrogen and oxygen atoms in total. The molecule has 27 heavy (non-hydrogen) atoms. The lowest BCUT2D eigenvalue weighted by atomic mass is 9.98. The van der Waals surface area contributed by atoms with Crippen LogP contribution >= 0.6 is 23.1 Å². The van der Waals surface area contributed by atoms with E-state index in [1.165, 1.54) is 11.5 Å². The first-order chi connectivity index (χ1) is 13.3. The van der Waals surface area contributed by atoms with Crippen LogP contribution in [-0.4, -0.2) is 11.2 Å². The second kappa shape index (κ2) is 6.85. The first kappa shape index (κ1) is 16.6. The van der Waals surface area contributed by atoms with Gasteiger partial charge in [-0.15, -0.1) is 0 Å². The molecule has 1 aliphatic heterocycles. The number of nitrogens with one attached hydrogen (secondary N) is 1. The summed E-state index contributed by atoms with van der Waals surface area (Å²) in [6.07, 6.45) is 0. The molecule has 134 valence electrons. The summed E-state index contributed by atoms with van der Waals surface area (Å²) >= 11 is 8.25. The van der Waals surface area contributed by atoms with Gasteiger partial charge < -0.3 is 14.8 Å². The highest BCUT2D eigenvalue weighted by Crippen LogP contribution is 2.41. The van der Waals surface area contributed by atoms with Crippen LogP contribution in [0, 0.1) is 0 Å². The number of anilines is 2. The van der Waals surface area contributed by atoms with E-state index in [4.69, 9.17) is 21.1 Å². The number of aromatic nitrogens is 1. The van der Waals surface area contributed by atoms with Crippen LogP contribution in [0.1, 0.15) is 5.56 Å². The van der Waals surface area contributed by atoms with E-state index >= 15 is 0 Å². The van der Waals surface area contributed by atoms with Crippen molar-refractivity contribution in [3.63, 3.8) is 0 Å². The van der Waals surface area contributed by atoms with Gasteiger partial charge in [0.2, 0.25) is 0 Å². The second-order valence-electron chi connectivity index (χ2n) is 6.21. The number of halogens is 1. The summed E-state index contributed by atoms with van der Waals surface area (Å²) in [5, 5.41) is 5.12. The summed E-state index contributed by atoms with van der Waals surface area (Å²) in [4.78, 5) is 0. The Bertz CT molecular complexity index is 1140. The summed E-state index contributed by atoms with van der Waals surface area (Å²) in [5.41, 5.74) is 3.79. The maximum absolute atomic E-state index is 6.79. The van der Waals surface area contributed by atoms with Crippen molar-refractivity contribution in [2.45, 2.75) is 6.61 Å². The molecule has 4 aromatic rings. The third-order valence-corrected chi connectivity index (χ3v) is 5.83. The van der Waals surface area contributed by atoms with E-state index in [-0.39, 0.29) is 6.79 Å². The topological polar surface area (TPSA) is 43.4 Å². The van der Waals surface area contributed by atoms with E-state index in [9.17, 15) is 0 Å². The molecule has 0 atom stereocenters. The Kier molecular flexibility index (Phi) is 4.20. The van der Waals surface area contributed by atoms with Crippen molar-refractivity contribution in [2.75, 3.05) is 12.1 Å². The molecular weight excluding hydrogens is 380 g/mol. The van der Waals surface area contributed by atoms with E-state index in [2.05, 4.69) is 21.8 Å². The minimum atomic E-state index is 0.280. The predicted octanol–water partition coefficient (Wildman–Crippen LogP) is 6.23. The molecule has 6 heteroatoms. The van der Waals surface area contributed by atoms with Gasteiger partial charge in [-0.1, -0.05) is 48.0 Å². The molecule has 0 fully saturated rings. The highest BCUT2D eigenvalue weighted by Gasteiger charge is 2.18. The maximum atomic E-state index is 6.79. The molecule has 0 amide bonds. The molecular formula is C21H15ClN2O2S. The number of hydrogen-bond acceptors (Lipinski definition) is 5. The minimum Gasteiger partial charge on any atom is -0.467 e. The highest BCUT2D eigenvalue weighted by molar-refractivity contribution is 7.13. The predicted molar refractivity (Wildman–Crippen MR) is 110 cm³/mol. The zero-order valence-corrected chi connectivity index (χ0v) is 15.8. The number of ether oxygens (including phenoxy) is 2. The van der Waals surface area contributed by atoms with Gasteiger partial charge in [0.1, 0.15) is 5.75 Å². The summed E-state index contributed by atoms with van der Waals surface area (Å²) in [6.45, 7) is 0.791. The van der Waals surface area contributed by atoms with Crippen LogP contribution in [0.25, 0.3) is 21.2 Å². The van der Waals surface area contributed by atoms with E-state index in [1.54, 1.807) is 0 Å². The lowest BCUT2D eigenvalue weighted by Crippen LogP contribution is -2.12. The first-order valence-corrected chi connectivity index (χ1v) is 9.69. The van der Waals surface area contributed by atoms with E-state index < -0.39 is 0 Å². The second-order valence-corrected chi connectivity index (χ2v) is 7.40. The van der Waals surface area contributed by atoms with Crippen molar-refractivity contribution < 1.29 is 9.47 Å². The number of nitrogens with zero attached hydrogens (tertiary/aromatic N) is 1. The van der Waals surface area contributed by atoms with E-state index in [0.717, 1.165) is 44.0 Å². The quantitative estimate of drug-likeness (QED) is 0.447. The lowest BCUT2D eigenvalue weighted by molar-refractivity contribution is -0.0160. The van der Waals surface area contributed by atoms with Crippen LogP contribution in [-0.2, 0) is 11.3 Å². The third-order valence-electron chi connectivity index (χ3n) is 4.60. The van der Waals surface area contributed by atoms with Gasteiger partial charge in [-0.05, 0) is 41.4 Å². The Morgan fingerprint density at radius 3 is 2.78 bits per heavy atom. The SMILES string of the molecule is Clc1c(Nc2nsc3ccccc23)cccc1-c1cccc2c1COCO2. The summed E-state index contributed by atoms with van der Waals surface area (Å²) in [7, 11) is 0. The Morgan fingerprint density at radius 1 is 0.963 bits per heavy atom. The molecule has 5 rings (SSSR count). The van der Waals surface area contributed by atoms with Crippen LogP contribution < -0.4 is 10.1 Å². The lowest BCUT2D eigenvalue weighted by Gasteiger charge is -2.21. The normalized spacial score (nSPS) is 13.2. The Hall–Kier alpha value is -2.60. The van der Waals surface area contributed by atoms with Gasteiger partial charge in [0.15, 0.2) is 12.6 Å². The number of rotatable bonds is 3. The fraction of sp³-hybridized carbons (Fsp3) is 0.0952. The molecule has 1 N–H and O–H groups in total. The molecule has 1 aliphatic rings. The van der Waals surface area contributed by atoms with Gasteiger partial charge in [-0.3, -0.25) is 0 Å². The van der Waals surface area contributed by atoms with Crippen molar-refractivity contribution in [3.8, 4) is 16.9 Å². The summed E-state index contributed by atoms with van der Waals surface area (Å²) < 4.78 is 16.7. The first-order valence-electron chi connectivity index (χ1n) is 8.54. The smallest absolute Gasteiger partial charge is 0.189 e. The Morgan fingerprint density at radius 2 is 1.81 bits per heavy atom. The van der Waals surface area contributed by atoms with Crippen LogP contribution in [0.3, 0.4) is 0 Å².